The number of amides is 1. The van der Waals surface area contributed by atoms with E-state index in [9.17, 15) is 9.90 Å². The topological polar surface area (TPSA) is 68.4 Å². The number of thiazole rings is 1. The van der Waals surface area contributed by atoms with Crippen LogP contribution in [0, 0.1) is 3.95 Å². The van der Waals surface area contributed by atoms with Gasteiger partial charge in [-0.2, -0.15) is 0 Å². The van der Waals surface area contributed by atoms with E-state index in [1.807, 2.05) is 48.5 Å². The Hall–Kier alpha value is -2.06. The van der Waals surface area contributed by atoms with E-state index in [0.29, 0.717) is 19.5 Å². The summed E-state index contributed by atoms with van der Waals surface area (Å²) in [7, 11) is 0. The average Bonchev–Trinajstić information content (AvgIpc) is 3.25. The van der Waals surface area contributed by atoms with Crippen molar-refractivity contribution < 1.29 is 9.90 Å². The highest BCUT2D eigenvalue weighted by molar-refractivity contribution is 7.73. The first-order chi connectivity index (χ1) is 13.6. The van der Waals surface area contributed by atoms with Gasteiger partial charge < -0.3 is 15.4 Å². The molecule has 1 amide bonds. The molecule has 2 atom stereocenters. The largest absolute Gasteiger partial charge is 0.392 e. The molecule has 0 bridgehead atoms. The number of carbonyl (C=O) groups excluding carboxylic acids is 1. The fourth-order valence-electron chi connectivity index (χ4n) is 3.70. The number of H-pyrrole nitrogens is 1. The second-order valence-corrected chi connectivity index (χ2v) is 8.97. The molecule has 1 aliphatic heterocycles. The zero-order valence-corrected chi connectivity index (χ0v) is 17.1. The summed E-state index contributed by atoms with van der Waals surface area (Å²) in [6.45, 7) is 2.21. The van der Waals surface area contributed by atoms with E-state index in [4.69, 9.17) is 12.2 Å². The second-order valence-electron chi connectivity index (χ2n) is 7.25. The maximum Gasteiger partial charge on any atom is 0.224 e. The molecule has 146 valence electrons. The number of benzene rings is 2. The molecule has 0 spiro atoms. The van der Waals surface area contributed by atoms with Gasteiger partial charge in [-0.05, 0) is 41.9 Å². The van der Waals surface area contributed by atoms with Gasteiger partial charge >= 0.3 is 0 Å². The van der Waals surface area contributed by atoms with Gasteiger partial charge in [-0.3, -0.25) is 9.69 Å². The number of hydrogen-bond acceptors (Lipinski definition) is 5. The van der Waals surface area contributed by atoms with Crippen molar-refractivity contribution in [2.45, 2.75) is 25.0 Å². The maximum absolute atomic E-state index is 12.8. The van der Waals surface area contributed by atoms with Crippen LogP contribution in [-0.4, -0.2) is 46.6 Å². The van der Waals surface area contributed by atoms with Gasteiger partial charge in [0.1, 0.15) is 0 Å². The van der Waals surface area contributed by atoms with Crippen LogP contribution >= 0.6 is 23.6 Å². The first-order valence-corrected chi connectivity index (χ1v) is 10.7. The summed E-state index contributed by atoms with van der Waals surface area (Å²) >= 11 is 6.73. The van der Waals surface area contributed by atoms with Crippen LogP contribution in [0.3, 0.4) is 0 Å². The van der Waals surface area contributed by atoms with Crippen molar-refractivity contribution in [1.82, 2.24) is 15.2 Å². The average molecular weight is 414 g/mol. The number of likely N-dealkylation sites (tertiary alicyclic amines) is 1. The summed E-state index contributed by atoms with van der Waals surface area (Å²) in [5.74, 6) is -0.0122. The number of β-amino-alcohol motifs (C(OH)–C–C–N with tert-alkyl or cyclic N) is 1. The maximum atomic E-state index is 12.8. The molecule has 0 saturated carbocycles. The number of nitrogens with zero attached hydrogens (tertiary/aromatic N) is 1. The van der Waals surface area contributed by atoms with Crippen LogP contribution in [0.5, 0.6) is 0 Å². The Balaban J connectivity index is 1.46. The van der Waals surface area contributed by atoms with E-state index < -0.39 is 0 Å². The van der Waals surface area contributed by atoms with E-state index in [0.717, 1.165) is 38.3 Å². The van der Waals surface area contributed by atoms with Crippen molar-refractivity contribution in [2.75, 3.05) is 19.6 Å². The van der Waals surface area contributed by atoms with Gasteiger partial charge in [-0.25, -0.2) is 0 Å². The predicted molar refractivity (Wildman–Crippen MR) is 115 cm³/mol. The van der Waals surface area contributed by atoms with Gasteiger partial charge in [-0.15, -0.1) is 11.3 Å². The molecule has 1 aromatic heterocycles. The third kappa shape index (κ3) is 4.67. The molecule has 1 saturated heterocycles. The fraction of sp³-hybridized carbons (Fsp3) is 0.333. The van der Waals surface area contributed by atoms with Crippen molar-refractivity contribution in [3.05, 3.63) is 63.6 Å². The highest BCUT2D eigenvalue weighted by atomic mass is 32.1. The Morgan fingerprint density at radius 2 is 2.14 bits per heavy atom. The summed E-state index contributed by atoms with van der Waals surface area (Å²) in [5.41, 5.74) is 3.01. The van der Waals surface area contributed by atoms with Gasteiger partial charge in [0.05, 0.1) is 28.8 Å². The zero-order valence-electron chi connectivity index (χ0n) is 15.4. The van der Waals surface area contributed by atoms with E-state index in [1.165, 1.54) is 11.3 Å². The van der Waals surface area contributed by atoms with Crippen LogP contribution in [0.15, 0.2) is 48.5 Å². The van der Waals surface area contributed by atoms with Gasteiger partial charge in [0.15, 0.2) is 3.95 Å². The minimum absolute atomic E-state index is 0.0122. The summed E-state index contributed by atoms with van der Waals surface area (Å²) in [4.78, 5) is 18.1. The molecule has 0 aliphatic carbocycles. The molecule has 1 aliphatic rings. The van der Waals surface area contributed by atoms with Crippen LogP contribution in [0.2, 0.25) is 0 Å². The number of aliphatic hydroxyl groups excluding tert-OH is 1. The Morgan fingerprint density at radius 3 is 2.89 bits per heavy atom. The minimum atomic E-state index is -0.269. The molecule has 1 unspecified atom stereocenters. The molecule has 2 aromatic carbocycles. The van der Waals surface area contributed by atoms with E-state index in [2.05, 4.69) is 15.2 Å². The standard InChI is InChI=1S/C21H23N3O2S2/c25-16-8-9-24(12-16)13-18(15-4-2-1-3-5-15)22-20(26)11-14-6-7-19-17(10-14)23-21(27)28-19/h1-7,10,16,18,25H,8-9,11-13H2,(H,22,26)(H,23,27)/t16?,18-/m1/s1. The lowest BCUT2D eigenvalue weighted by atomic mass is 10.1. The van der Waals surface area contributed by atoms with Crippen LogP contribution in [-0.2, 0) is 11.2 Å². The number of nitrogens with one attached hydrogen (secondary N) is 2. The Bertz CT molecular complexity index is 1020. The summed E-state index contributed by atoms with van der Waals surface area (Å²) < 4.78 is 1.84. The van der Waals surface area contributed by atoms with Crippen LogP contribution in [0.4, 0.5) is 0 Å². The molecular weight excluding hydrogens is 390 g/mol. The summed E-state index contributed by atoms with van der Waals surface area (Å²) in [6, 6.07) is 15.9. The lowest BCUT2D eigenvalue weighted by Crippen LogP contribution is -2.38. The quantitative estimate of drug-likeness (QED) is 0.542. The number of hydrogen-bond donors (Lipinski definition) is 3. The number of carbonyl (C=O) groups is 1. The first kappa shape index (κ1) is 19.3. The molecule has 5 nitrogen and oxygen atoms in total. The number of aliphatic hydroxyl groups is 1. The van der Waals surface area contributed by atoms with Gasteiger partial charge in [-0.1, -0.05) is 36.4 Å². The Morgan fingerprint density at radius 1 is 1.32 bits per heavy atom. The predicted octanol–water partition coefficient (Wildman–Crippen LogP) is 3.43. The van der Waals surface area contributed by atoms with Crippen LogP contribution in [0.25, 0.3) is 10.2 Å². The molecule has 2 heterocycles. The lowest BCUT2D eigenvalue weighted by molar-refractivity contribution is -0.121. The minimum Gasteiger partial charge on any atom is -0.392 e. The monoisotopic (exact) mass is 413 g/mol. The number of aromatic nitrogens is 1. The van der Waals surface area contributed by atoms with Gasteiger partial charge in [0, 0.05) is 19.6 Å². The number of rotatable bonds is 6. The van der Waals surface area contributed by atoms with Crippen molar-refractivity contribution in [1.29, 1.82) is 0 Å². The molecule has 3 N–H and O–H groups in total. The Labute approximate surface area is 173 Å². The molecule has 7 heteroatoms. The van der Waals surface area contributed by atoms with E-state index in [1.54, 1.807) is 0 Å². The number of fused-ring (bicyclic) bond motifs is 1. The SMILES string of the molecule is O=C(Cc1ccc2sc(=S)[nH]c2c1)N[C@H](CN1CCC(O)C1)c1ccccc1. The molecule has 4 rings (SSSR count). The Kier molecular flexibility index (Phi) is 5.87. The second kappa shape index (κ2) is 8.53. The van der Waals surface area contributed by atoms with Crippen molar-refractivity contribution >= 4 is 39.7 Å². The highest BCUT2D eigenvalue weighted by Gasteiger charge is 2.24. The van der Waals surface area contributed by atoms with E-state index in [-0.39, 0.29) is 18.1 Å². The molecular formula is C21H23N3O2S2. The zero-order chi connectivity index (χ0) is 19.5. The van der Waals surface area contributed by atoms with E-state index >= 15 is 0 Å². The van der Waals surface area contributed by atoms with Gasteiger partial charge in [0.2, 0.25) is 5.91 Å². The van der Waals surface area contributed by atoms with Crippen molar-refractivity contribution in [3.63, 3.8) is 0 Å². The summed E-state index contributed by atoms with van der Waals surface area (Å²) in [6.07, 6.45) is 0.838. The smallest absolute Gasteiger partial charge is 0.224 e. The molecule has 3 aromatic rings. The molecule has 0 radical (unpaired) electrons. The third-order valence-electron chi connectivity index (χ3n) is 5.07. The van der Waals surface area contributed by atoms with Crippen LogP contribution in [0.1, 0.15) is 23.6 Å². The van der Waals surface area contributed by atoms with Crippen LogP contribution < -0.4 is 5.32 Å². The fourth-order valence-corrected chi connectivity index (χ4v) is 4.79. The molecule has 1 fully saturated rings. The van der Waals surface area contributed by atoms with Gasteiger partial charge in [0.25, 0.3) is 0 Å². The van der Waals surface area contributed by atoms with Crippen molar-refractivity contribution in [2.24, 2.45) is 0 Å². The normalized spacial score (nSPS) is 18.4. The van der Waals surface area contributed by atoms with Crippen molar-refractivity contribution in [3.8, 4) is 0 Å². The lowest BCUT2D eigenvalue weighted by Gasteiger charge is -2.25. The number of aromatic amines is 1. The molecule has 28 heavy (non-hydrogen) atoms. The first-order valence-electron chi connectivity index (χ1n) is 9.43. The summed E-state index contributed by atoms with van der Waals surface area (Å²) in [5, 5.41) is 13.0. The third-order valence-corrected chi connectivity index (χ3v) is 6.29. The highest BCUT2D eigenvalue weighted by Crippen LogP contribution is 2.22.